The Kier molecular flexibility index (Phi) is 7.70. The Labute approximate surface area is 179 Å². The van der Waals surface area contributed by atoms with Gasteiger partial charge in [0.15, 0.2) is 0 Å². The van der Waals surface area contributed by atoms with Gasteiger partial charge in [0, 0.05) is 31.7 Å². The number of carbonyl (C=O) groups is 3. The van der Waals surface area contributed by atoms with Crippen LogP contribution in [0.2, 0.25) is 0 Å². The first-order valence-corrected chi connectivity index (χ1v) is 10.3. The van der Waals surface area contributed by atoms with Gasteiger partial charge in [-0.1, -0.05) is 12.1 Å². The number of carbonyl (C=O) groups excluding carboxylic acids is 3. The van der Waals surface area contributed by atoms with Crippen LogP contribution >= 0.6 is 0 Å². The minimum absolute atomic E-state index is 0.0643. The second-order valence-corrected chi connectivity index (χ2v) is 7.54. The molecule has 6 nitrogen and oxygen atoms in total. The van der Waals surface area contributed by atoms with Gasteiger partial charge >= 0.3 is 0 Å². The molecule has 3 rings (SSSR count). The molecule has 0 saturated carbocycles. The SMILES string of the molecule is O=C(Cc1cccc(F)c1)NCCNC(=O)C1CCCN(C(=O)c2ccc(F)cc2)C1. The molecule has 1 heterocycles. The Balaban J connectivity index is 1.40. The van der Waals surface area contributed by atoms with Crippen molar-refractivity contribution in [2.45, 2.75) is 19.3 Å². The highest BCUT2D eigenvalue weighted by molar-refractivity contribution is 5.94. The largest absolute Gasteiger partial charge is 0.354 e. The van der Waals surface area contributed by atoms with E-state index in [9.17, 15) is 23.2 Å². The highest BCUT2D eigenvalue weighted by Crippen LogP contribution is 2.19. The van der Waals surface area contributed by atoms with Gasteiger partial charge in [-0.2, -0.15) is 0 Å². The van der Waals surface area contributed by atoms with Gasteiger partial charge in [0.2, 0.25) is 11.8 Å². The first-order valence-electron chi connectivity index (χ1n) is 10.3. The van der Waals surface area contributed by atoms with Crippen molar-refractivity contribution in [2.75, 3.05) is 26.2 Å². The Morgan fingerprint density at radius 1 is 0.968 bits per heavy atom. The smallest absolute Gasteiger partial charge is 0.253 e. The Hall–Kier alpha value is -3.29. The lowest BCUT2D eigenvalue weighted by Gasteiger charge is -2.32. The lowest BCUT2D eigenvalue weighted by Crippen LogP contribution is -2.46. The number of amides is 3. The van der Waals surface area contributed by atoms with Crippen LogP contribution in [0.25, 0.3) is 0 Å². The maximum atomic E-state index is 13.2. The van der Waals surface area contributed by atoms with E-state index >= 15 is 0 Å². The number of benzene rings is 2. The van der Waals surface area contributed by atoms with Gasteiger partial charge in [0.25, 0.3) is 5.91 Å². The van der Waals surface area contributed by atoms with Gasteiger partial charge in [-0.25, -0.2) is 8.78 Å². The third-order valence-electron chi connectivity index (χ3n) is 5.17. The van der Waals surface area contributed by atoms with E-state index in [1.165, 1.54) is 36.4 Å². The number of likely N-dealkylation sites (tertiary alicyclic amines) is 1. The second-order valence-electron chi connectivity index (χ2n) is 7.54. The van der Waals surface area contributed by atoms with E-state index in [2.05, 4.69) is 10.6 Å². The number of hydrogen-bond donors (Lipinski definition) is 2. The standard InChI is InChI=1S/C23H25F2N3O3/c24-19-8-6-17(7-9-19)23(31)28-12-2-4-18(15-28)22(30)27-11-10-26-21(29)14-16-3-1-5-20(25)13-16/h1,3,5-9,13,18H,2,4,10-12,14-15H2,(H,26,29)(H,27,30). The fourth-order valence-corrected chi connectivity index (χ4v) is 3.58. The molecule has 3 amide bonds. The summed E-state index contributed by atoms with van der Waals surface area (Å²) < 4.78 is 26.2. The van der Waals surface area contributed by atoms with Crippen LogP contribution in [0.1, 0.15) is 28.8 Å². The molecule has 0 bridgehead atoms. The molecule has 0 radical (unpaired) electrons. The molecule has 1 saturated heterocycles. The monoisotopic (exact) mass is 429 g/mol. The maximum Gasteiger partial charge on any atom is 0.253 e. The van der Waals surface area contributed by atoms with Crippen molar-refractivity contribution in [1.29, 1.82) is 0 Å². The molecular weight excluding hydrogens is 404 g/mol. The topological polar surface area (TPSA) is 78.5 Å². The number of hydrogen-bond acceptors (Lipinski definition) is 3. The molecule has 1 aliphatic heterocycles. The van der Waals surface area contributed by atoms with Crippen LogP contribution in [0, 0.1) is 17.6 Å². The Morgan fingerprint density at radius 3 is 2.45 bits per heavy atom. The molecule has 2 aromatic carbocycles. The zero-order valence-electron chi connectivity index (χ0n) is 17.1. The summed E-state index contributed by atoms with van der Waals surface area (Å²) in [5, 5.41) is 5.48. The predicted molar refractivity (Wildman–Crippen MR) is 111 cm³/mol. The van der Waals surface area contributed by atoms with Crippen molar-refractivity contribution >= 4 is 17.7 Å². The fraction of sp³-hybridized carbons (Fsp3) is 0.348. The average molecular weight is 429 g/mol. The molecule has 2 N–H and O–H groups in total. The first-order chi connectivity index (χ1) is 14.9. The summed E-state index contributed by atoms with van der Waals surface area (Å²) in [6.07, 6.45) is 1.44. The van der Waals surface area contributed by atoms with E-state index in [4.69, 9.17) is 0 Å². The summed E-state index contributed by atoms with van der Waals surface area (Å²) in [6, 6.07) is 11.2. The molecule has 1 fully saturated rings. The minimum atomic E-state index is -0.407. The van der Waals surface area contributed by atoms with Crippen molar-refractivity contribution in [3.63, 3.8) is 0 Å². The van der Waals surface area contributed by atoms with Gasteiger partial charge < -0.3 is 15.5 Å². The van der Waals surface area contributed by atoms with E-state index in [0.29, 0.717) is 37.1 Å². The maximum absolute atomic E-state index is 13.2. The van der Waals surface area contributed by atoms with Crippen LogP contribution in [0.4, 0.5) is 8.78 Å². The highest BCUT2D eigenvalue weighted by atomic mass is 19.1. The van der Waals surface area contributed by atoms with Crippen molar-refractivity contribution in [3.8, 4) is 0 Å². The van der Waals surface area contributed by atoms with E-state index in [0.717, 1.165) is 0 Å². The number of nitrogens with zero attached hydrogens (tertiary/aromatic N) is 1. The van der Waals surface area contributed by atoms with E-state index in [1.807, 2.05) is 0 Å². The van der Waals surface area contributed by atoms with E-state index in [1.54, 1.807) is 17.0 Å². The van der Waals surface area contributed by atoms with Gasteiger partial charge in [-0.15, -0.1) is 0 Å². The zero-order valence-corrected chi connectivity index (χ0v) is 17.1. The third kappa shape index (κ3) is 6.60. The molecule has 1 atom stereocenters. The van der Waals surface area contributed by atoms with Crippen molar-refractivity contribution < 1.29 is 23.2 Å². The lowest BCUT2D eigenvalue weighted by atomic mass is 9.96. The highest BCUT2D eigenvalue weighted by Gasteiger charge is 2.28. The van der Waals surface area contributed by atoms with E-state index in [-0.39, 0.29) is 43.1 Å². The zero-order chi connectivity index (χ0) is 22.2. The number of halogens is 2. The van der Waals surface area contributed by atoms with Crippen molar-refractivity contribution in [2.24, 2.45) is 5.92 Å². The number of piperidine rings is 1. The van der Waals surface area contributed by atoms with Crippen molar-refractivity contribution in [1.82, 2.24) is 15.5 Å². The third-order valence-corrected chi connectivity index (χ3v) is 5.17. The summed E-state index contributed by atoms with van der Waals surface area (Å²) in [7, 11) is 0. The first kappa shape index (κ1) is 22.4. The lowest BCUT2D eigenvalue weighted by molar-refractivity contribution is -0.126. The molecule has 0 spiro atoms. The van der Waals surface area contributed by atoms with Gasteiger partial charge in [0.05, 0.1) is 12.3 Å². The molecule has 31 heavy (non-hydrogen) atoms. The van der Waals surface area contributed by atoms with Crippen LogP contribution in [0.3, 0.4) is 0 Å². The van der Waals surface area contributed by atoms with Crippen LogP contribution in [0.5, 0.6) is 0 Å². The molecule has 1 aliphatic rings. The molecular formula is C23H25F2N3O3. The van der Waals surface area contributed by atoms with Gasteiger partial charge in [-0.05, 0) is 54.8 Å². The summed E-state index contributed by atoms with van der Waals surface area (Å²) >= 11 is 0. The number of nitrogens with one attached hydrogen (secondary N) is 2. The molecule has 8 heteroatoms. The normalized spacial score (nSPS) is 15.9. The quantitative estimate of drug-likeness (QED) is 0.663. The van der Waals surface area contributed by atoms with Gasteiger partial charge in [-0.3, -0.25) is 14.4 Å². The van der Waals surface area contributed by atoms with E-state index < -0.39 is 11.6 Å². The molecule has 0 aliphatic carbocycles. The molecule has 1 unspecified atom stereocenters. The van der Waals surface area contributed by atoms with Crippen LogP contribution in [-0.4, -0.2) is 48.8 Å². The average Bonchev–Trinajstić information content (AvgIpc) is 2.77. The summed E-state index contributed by atoms with van der Waals surface area (Å²) in [6.45, 7) is 1.37. The Bertz CT molecular complexity index is 934. The molecule has 0 aromatic heterocycles. The molecule has 2 aromatic rings. The summed E-state index contributed by atoms with van der Waals surface area (Å²) in [4.78, 5) is 38.6. The van der Waals surface area contributed by atoms with Gasteiger partial charge in [0.1, 0.15) is 11.6 Å². The van der Waals surface area contributed by atoms with Crippen LogP contribution < -0.4 is 10.6 Å². The van der Waals surface area contributed by atoms with Crippen LogP contribution in [0.15, 0.2) is 48.5 Å². The Morgan fingerprint density at radius 2 is 1.71 bits per heavy atom. The van der Waals surface area contributed by atoms with Crippen LogP contribution in [-0.2, 0) is 16.0 Å². The number of rotatable bonds is 7. The summed E-state index contributed by atoms with van der Waals surface area (Å²) in [5.74, 6) is -1.78. The second kappa shape index (κ2) is 10.7. The minimum Gasteiger partial charge on any atom is -0.354 e. The summed E-state index contributed by atoms with van der Waals surface area (Å²) in [5.41, 5.74) is 0.970. The molecule has 164 valence electrons. The fourth-order valence-electron chi connectivity index (χ4n) is 3.58. The predicted octanol–water partition coefficient (Wildman–Crippen LogP) is 2.29. The van der Waals surface area contributed by atoms with Crippen molar-refractivity contribution in [3.05, 3.63) is 71.3 Å².